The predicted octanol–water partition coefficient (Wildman–Crippen LogP) is 1.92. The Balaban J connectivity index is 1.90. The van der Waals surface area contributed by atoms with Crippen LogP contribution in [0.15, 0.2) is 24.3 Å². The van der Waals surface area contributed by atoms with Crippen LogP contribution in [0.4, 0.5) is 5.69 Å². The number of carbonyl (C=O) groups is 1. The lowest BCUT2D eigenvalue weighted by atomic mass is 10.1. The van der Waals surface area contributed by atoms with Crippen molar-refractivity contribution in [1.29, 1.82) is 0 Å². The molecule has 0 aromatic heterocycles. The average molecular weight is 307 g/mol. The third-order valence-electron chi connectivity index (χ3n) is 4.08. The molecule has 7 heteroatoms. The molecule has 112 valence electrons. The largest absolute Gasteiger partial charge is 0.320 e. The molecule has 1 spiro atoms. The minimum absolute atomic E-state index is 0.0586. The van der Waals surface area contributed by atoms with Crippen LogP contribution in [0.3, 0.4) is 0 Å². The van der Waals surface area contributed by atoms with E-state index in [2.05, 4.69) is 5.32 Å². The fourth-order valence-electron chi connectivity index (χ4n) is 2.77. The SMILES string of the molecule is CSCCN1C(=O)C2(CC2)NC1c1cccc([N+](=O)[O-])c1. The van der Waals surface area contributed by atoms with E-state index in [1.807, 2.05) is 17.2 Å². The molecule has 1 aliphatic heterocycles. The number of nitro groups is 1. The van der Waals surface area contributed by atoms with Crippen LogP contribution in [0.2, 0.25) is 0 Å². The topological polar surface area (TPSA) is 75.5 Å². The highest BCUT2D eigenvalue weighted by molar-refractivity contribution is 7.98. The Morgan fingerprint density at radius 1 is 1.52 bits per heavy atom. The summed E-state index contributed by atoms with van der Waals surface area (Å²) in [6, 6.07) is 6.54. The number of amides is 1. The van der Waals surface area contributed by atoms with Gasteiger partial charge < -0.3 is 4.90 Å². The molecule has 1 saturated carbocycles. The summed E-state index contributed by atoms with van der Waals surface area (Å²) in [6.07, 6.45) is 3.45. The van der Waals surface area contributed by atoms with Gasteiger partial charge in [-0.1, -0.05) is 12.1 Å². The summed E-state index contributed by atoms with van der Waals surface area (Å²) in [7, 11) is 0. The van der Waals surface area contributed by atoms with Crippen LogP contribution in [-0.2, 0) is 4.79 Å². The lowest BCUT2D eigenvalue weighted by molar-refractivity contribution is -0.385. The van der Waals surface area contributed by atoms with Gasteiger partial charge in [0.1, 0.15) is 11.7 Å². The number of nitro benzene ring substituents is 1. The zero-order valence-corrected chi connectivity index (χ0v) is 12.6. The first-order valence-electron chi connectivity index (χ1n) is 6.89. The average Bonchev–Trinajstić information content (AvgIpc) is 3.21. The molecule has 1 N–H and O–H groups in total. The second-order valence-corrected chi connectivity index (χ2v) is 6.46. The van der Waals surface area contributed by atoms with Gasteiger partial charge in [-0.3, -0.25) is 20.2 Å². The maximum atomic E-state index is 12.5. The molecule has 1 aliphatic carbocycles. The van der Waals surface area contributed by atoms with Crippen LogP contribution in [0.1, 0.15) is 24.6 Å². The number of hydrogen-bond acceptors (Lipinski definition) is 5. The molecule has 1 aromatic rings. The Hall–Kier alpha value is -1.60. The molecule has 2 fully saturated rings. The first-order valence-corrected chi connectivity index (χ1v) is 8.29. The normalized spacial score (nSPS) is 22.8. The van der Waals surface area contributed by atoms with Crippen molar-refractivity contribution in [3.05, 3.63) is 39.9 Å². The van der Waals surface area contributed by atoms with Crippen molar-refractivity contribution in [3.63, 3.8) is 0 Å². The van der Waals surface area contributed by atoms with E-state index >= 15 is 0 Å². The van der Waals surface area contributed by atoms with Gasteiger partial charge in [-0.2, -0.15) is 11.8 Å². The van der Waals surface area contributed by atoms with Crippen LogP contribution in [0, 0.1) is 10.1 Å². The molecule has 1 saturated heterocycles. The van der Waals surface area contributed by atoms with E-state index in [1.54, 1.807) is 23.9 Å². The van der Waals surface area contributed by atoms with E-state index in [0.717, 1.165) is 24.2 Å². The van der Waals surface area contributed by atoms with Crippen molar-refractivity contribution < 1.29 is 9.72 Å². The molecule has 1 amide bonds. The van der Waals surface area contributed by atoms with Crippen LogP contribution >= 0.6 is 11.8 Å². The van der Waals surface area contributed by atoms with Gasteiger partial charge in [0.15, 0.2) is 0 Å². The van der Waals surface area contributed by atoms with Gasteiger partial charge in [0, 0.05) is 24.4 Å². The number of hydrogen-bond donors (Lipinski definition) is 1. The van der Waals surface area contributed by atoms with E-state index < -0.39 is 10.5 Å². The monoisotopic (exact) mass is 307 g/mol. The Kier molecular flexibility index (Phi) is 3.62. The Bertz CT molecular complexity index is 589. The molecule has 1 aromatic carbocycles. The van der Waals surface area contributed by atoms with Gasteiger partial charge in [-0.25, -0.2) is 0 Å². The number of benzene rings is 1. The van der Waals surface area contributed by atoms with Crippen LogP contribution < -0.4 is 5.32 Å². The summed E-state index contributed by atoms with van der Waals surface area (Å²) in [6.45, 7) is 0.655. The minimum atomic E-state index is -0.409. The number of nitrogens with zero attached hydrogens (tertiary/aromatic N) is 2. The zero-order valence-electron chi connectivity index (χ0n) is 11.7. The first-order chi connectivity index (χ1) is 10.1. The third kappa shape index (κ3) is 2.51. The lowest BCUT2D eigenvalue weighted by Crippen LogP contribution is -2.33. The third-order valence-corrected chi connectivity index (χ3v) is 4.67. The van der Waals surface area contributed by atoms with Crippen molar-refractivity contribution in [2.45, 2.75) is 24.5 Å². The summed E-state index contributed by atoms with van der Waals surface area (Å²) in [4.78, 5) is 24.9. The predicted molar refractivity (Wildman–Crippen MR) is 81.0 cm³/mol. The molecule has 1 unspecified atom stereocenters. The molecule has 0 radical (unpaired) electrons. The number of carbonyl (C=O) groups excluding carboxylic acids is 1. The van der Waals surface area contributed by atoms with E-state index in [4.69, 9.17) is 0 Å². The second kappa shape index (κ2) is 5.31. The van der Waals surface area contributed by atoms with Crippen LogP contribution in [0.5, 0.6) is 0 Å². The highest BCUT2D eigenvalue weighted by Crippen LogP contribution is 2.46. The molecule has 3 rings (SSSR count). The van der Waals surface area contributed by atoms with Gasteiger partial charge in [0.2, 0.25) is 5.91 Å². The molecule has 2 aliphatic rings. The van der Waals surface area contributed by atoms with Crippen molar-refractivity contribution in [1.82, 2.24) is 10.2 Å². The van der Waals surface area contributed by atoms with Crippen LogP contribution in [-0.4, -0.2) is 39.8 Å². The van der Waals surface area contributed by atoms with Gasteiger partial charge in [0.25, 0.3) is 5.69 Å². The van der Waals surface area contributed by atoms with Gasteiger partial charge in [0.05, 0.1) is 4.92 Å². The maximum Gasteiger partial charge on any atom is 0.269 e. The highest BCUT2D eigenvalue weighted by Gasteiger charge is 2.59. The first kappa shape index (κ1) is 14.3. The number of thioether (sulfide) groups is 1. The number of nitrogens with one attached hydrogen (secondary N) is 1. The molecule has 0 bridgehead atoms. The second-order valence-electron chi connectivity index (χ2n) is 5.47. The standard InChI is InChI=1S/C14H17N3O3S/c1-21-8-7-16-12(15-14(5-6-14)13(16)18)10-3-2-4-11(9-10)17(19)20/h2-4,9,12,15H,5-8H2,1H3. The summed E-state index contributed by atoms with van der Waals surface area (Å²) < 4.78 is 0. The molecule has 1 heterocycles. The fraction of sp³-hybridized carbons (Fsp3) is 0.500. The smallest absolute Gasteiger partial charge is 0.269 e. The van der Waals surface area contributed by atoms with Crippen molar-refractivity contribution in [2.75, 3.05) is 18.6 Å². The molecular formula is C14H17N3O3S. The van der Waals surface area contributed by atoms with Gasteiger partial charge in [-0.15, -0.1) is 0 Å². The number of non-ortho nitro benzene ring substituents is 1. The Morgan fingerprint density at radius 2 is 2.29 bits per heavy atom. The molecule has 1 atom stereocenters. The molecular weight excluding hydrogens is 290 g/mol. The summed E-state index contributed by atoms with van der Waals surface area (Å²) in [5.74, 6) is 0.989. The lowest BCUT2D eigenvalue weighted by Gasteiger charge is -2.24. The maximum absolute atomic E-state index is 12.5. The summed E-state index contributed by atoms with van der Waals surface area (Å²) >= 11 is 1.69. The molecule has 6 nitrogen and oxygen atoms in total. The number of rotatable bonds is 5. The summed E-state index contributed by atoms with van der Waals surface area (Å²) in [5, 5.41) is 14.3. The van der Waals surface area contributed by atoms with E-state index in [0.29, 0.717) is 6.54 Å². The van der Waals surface area contributed by atoms with Crippen molar-refractivity contribution in [3.8, 4) is 0 Å². The summed E-state index contributed by atoms with van der Waals surface area (Å²) in [5.41, 5.74) is 0.430. The quantitative estimate of drug-likeness (QED) is 0.664. The van der Waals surface area contributed by atoms with Gasteiger partial charge in [-0.05, 0) is 24.7 Å². The van der Waals surface area contributed by atoms with Crippen molar-refractivity contribution in [2.24, 2.45) is 0 Å². The zero-order chi connectivity index (χ0) is 15.0. The minimum Gasteiger partial charge on any atom is -0.320 e. The Morgan fingerprint density at radius 3 is 2.90 bits per heavy atom. The highest BCUT2D eigenvalue weighted by atomic mass is 32.2. The van der Waals surface area contributed by atoms with Crippen molar-refractivity contribution >= 4 is 23.4 Å². The van der Waals surface area contributed by atoms with E-state index in [9.17, 15) is 14.9 Å². The Labute approximate surface area is 127 Å². The van der Waals surface area contributed by atoms with Gasteiger partial charge >= 0.3 is 0 Å². The molecule has 21 heavy (non-hydrogen) atoms. The van der Waals surface area contributed by atoms with E-state index in [1.165, 1.54) is 6.07 Å². The fourth-order valence-corrected chi connectivity index (χ4v) is 3.15. The van der Waals surface area contributed by atoms with Crippen LogP contribution in [0.25, 0.3) is 0 Å². The van der Waals surface area contributed by atoms with E-state index in [-0.39, 0.29) is 17.8 Å².